The minimum atomic E-state index is -1.26. The summed E-state index contributed by atoms with van der Waals surface area (Å²) >= 11 is 0. The van der Waals surface area contributed by atoms with E-state index in [0.717, 1.165) is 0 Å². The summed E-state index contributed by atoms with van der Waals surface area (Å²) in [6.07, 6.45) is 3.26. The van der Waals surface area contributed by atoms with E-state index in [1.807, 2.05) is 0 Å². The van der Waals surface area contributed by atoms with Gasteiger partial charge in [-0.05, 0) is 6.92 Å². The highest BCUT2D eigenvalue weighted by molar-refractivity contribution is 5.97. The number of nitrogens with one attached hydrogen (secondary N) is 1. The van der Waals surface area contributed by atoms with Crippen LogP contribution in [0.15, 0.2) is 12.4 Å². The van der Waals surface area contributed by atoms with Gasteiger partial charge in [-0.25, -0.2) is 14.8 Å². The molecule has 0 aromatic carbocycles. The second kappa shape index (κ2) is 5.31. The zero-order chi connectivity index (χ0) is 13.9. The standard InChI is InChI=1S/C12H15N3O4/c1-8-13-6-9(7-14-8)10(16)15-12(11(17)18)2-4-19-5-3-12/h6-7H,2-5H2,1H3,(H,15,16)(H,17,18). The van der Waals surface area contributed by atoms with Gasteiger partial charge in [0.15, 0.2) is 0 Å². The molecule has 2 rings (SSSR count). The SMILES string of the molecule is Cc1ncc(C(=O)NC2(C(=O)O)CCOCC2)cn1. The summed E-state index contributed by atoms with van der Waals surface area (Å²) in [6, 6.07) is 0. The van der Waals surface area contributed by atoms with Gasteiger partial charge in [0.05, 0.1) is 5.56 Å². The fourth-order valence-corrected chi connectivity index (χ4v) is 1.91. The second-order valence-corrected chi connectivity index (χ2v) is 4.47. The van der Waals surface area contributed by atoms with Crippen LogP contribution in [0.25, 0.3) is 0 Å². The maximum Gasteiger partial charge on any atom is 0.329 e. The van der Waals surface area contributed by atoms with Crippen LogP contribution in [-0.4, -0.2) is 45.7 Å². The lowest BCUT2D eigenvalue weighted by molar-refractivity contribution is -0.148. The number of amides is 1. The summed E-state index contributed by atoms with van der Waals surface area (Å²) in [5, 5.41) is 11.9. The summed E-state index contributed by atoms with van der Waals surface area (Å²) in [5.74, 6) is -0.975. The van der Waals surface area contributed by atoms with Crippen molar-refractivity contribution in [1.29, 1.82) is 0 Å². The highest BCUT2D eigenvalue weighted by Crippen LogP contribution is 2.21. The minimum Gasteiger partial charge on any atom is -0.480 e. The third-order valence-corrected chi connectivity index (χ3v) is 3.15. The summed E-state index contributed by atoms with van der Waals surface area (Å²) in [5.41, 5.74) is -1.02. The smallest absolute Gasteiger partial charge is 0.329 e. The van der Waals surface area contributed by atoms with Crippen LogP contribution in [0.4, 0.5) is 0 Å². The summed E-state index contributed by atoms with van der Waals surface area (Å²) in [6.45, 7) is 2.34. The quantitative estimate of drug-likeness (QED) is 0.806. The largest absolute Gasteiger partial charge is 0.480 e. The van der Waals surface area contributed by atoms with Gasteiger partial charge in [0.2, 0.25) is 0 Å². The Hall–Kier alpha value is -2.02. The third-order valence-electron chi connectivity index (χ3n) is 3.15. The van der Waals surface area contributed by atoms with E-state index in [1.54, 1.807) is 6.92 Å². The van der Waals surface area contributed by atoms with Gasteiger partial charge in [0.1, 0.15) is 11.4 Å². The van der Waals surface area contributed by atoms with E-state index in [9.17, 15) is 14.7 Å². The number of hydrogen-bond donors (Lipinski definition) is 2. The van der Waals surface area contributed by atoms with Gasteiger partial charge in [-0.3, -0.25) is 4.79 Å². The number of ether oxygens (including phenoxy) is 1. The summed E-state index contributed by atoms with van der Waals surface area (Å²) in [7, 11) is 0. The average Bonchev–Trinajstić information content (AvgIpc) is 2.40. The Bertz CT molecular complexity index is 480. The Balaban J connectivity index is 2.15. The van der Waals surface area contributed by atoms with E-state index in [1.165, 1.54) is 12.4 Å². The van der Waals surface area contributed by atoms with Gasteiger partial charge < -0.3 is 15.2 Å². The average molecular weight is 265 g/mol. The first-order valence-corrected chi connectivity index (χ1v) is 5.96. The van der Waals surface area contributed by atoms with Crippen molar-refractivity contribution in [2.45, 2.75) is 25.3 Å². The molecule has 1 aromatic rings. The molecule has 102 valence electrons. The molecule has 0 bridgehead atoms. The van der Waals surface area contributed by atoms with Crippen molar-refractivity contribution in [3.05, 3.63) is 23.8 Å². The molecule has 2 N–H and O–H groups in total. The van der Waals surface area contributed by atoms with E-state index < -0.39 is 17.4 Å². The van der Waals surface area contributed by atoms with Crippen LogP contribution in [-0.2, 0) is 9.53 Å². The van der Waals surface area contributed by atoms with E-state index in [0.29, 0.717) is 19.0 Å². The predicted molar refractivity (Wildman–Crippen MR) is 64.7 cm³/mol. The molecule has 1 aliphatic rings. The number of rotatable bonds is 3. The molecule has 1 fully saturated rings. The number of carboxylic acids is 1. The molecule has 1 aromatic heterocycles. The molecular formula is C12H15N3O4. The first-order valence-electron chi connectivity index (χ1n) is 5.96. The van der Waals surface area contributed by atoms with Crippen LogP contribution in [0.3, 0.4) is 0 Å². The monoisotopic (exact) mass is 265 g/mol. The molecular weight excluding hydrogens is 250 g/mol. The van der Waals surface area contributed by atoms with Gasteiger partial charge in [-0.1, -0.05) is 0 Å². The van der Waals surface area contributed by atoms with Crippen LogP contribution in [0.5, 0.6) is 0 Å². The molecule has 0 radical (unpaired) electrons. The number of carboxylic acid groups (broad SMARTS) is 1. The van der Waals surface area contributed by atoms with E-state index in [2.05, 4.69) is 15.3 Å². The molecule has 0 saturated carbocycles. The number of aromatic nitrogens is 2. The van der Waals surface area contributed by atoms with Gasteiger partial charge in [-0.15, -0.1) is 0 Å². The summed E-state index contributed by atoms with van der Waals surface area (Å²) < 4.78 is 5.14. The first kappa shape index (κ1) is 13.4. The zero-order valence-corrected chi connectivity index (χ0v) is 10.5. The molecule has 0 atom stereocenters. The lowest BCUT2D eigenvalue weighted by atomic mass is 9.90. The molecule has 2 heterocycles. The van der Waals surface area contributed by atoms with Gasteiger partial charge in [-0.2, -0.15) is 0 Å². The normalized spacial score (nSPS) is 17.7. The number of hydrogen-bond acceptors (Lipinski definition) is 5. The predicted octanol–water partition coefficient (Wildman–Crippen LogP) is 0.149. The van der Waals surface area contributed by atoms with E-state index >= 15 is 0 Å². The van der Waals surface area contributed by atoms with Crippen LogP contribution in [0.2, 0.25) is 0 Å². The lowest BCUT2D eigenvalue weighted by Crippen LogP contribution is -2.57. The Labute approximate surface area is 110 Å². The summed E-state index contributed by atoms with van der Waals surface area (Å²) in [4.78, 5) is 31.3. The molecule has 0 aliphatic carbocycles. The van der Waals surface area contributed by atoms with Crippen LogP contribution in [0, 0.1) is 6.92 Å². The molecule has 1 aliphatic heterocycles. The molecule has 1 saturated heterocycles. The molecule has 0 unspecified atom stereocenters. The van der Waals surface area contributed by atoms with Crippen LogP contribution < -0.4 is 5.32 Å². The van der Waals surface area contributed by atoms with Crippen molar-refractivity contribution >= 4 is 11.9 Å². The van der Waals surface area contributed by atoms with Crippen molar-refractivity contribution in [3.8, 4) is 0 Å². The topological polar surface area (TPSA) is 101 Å². The number of carbonyl (C=O) groups excluding carboxylic acids is 1. The Morgan fingerprint density at radius 3 is 2.42 bits per heavy atom. The van der Waals surface area contributed by atoms with Crippen LogP contribution >= 0.6 is 0 Å². The van der Waals surface area contributed by atoms with E-state index in [4.69, 9.17) is 4.74 Å². The van der Waals surface area contributed by atoms with Crippen molar-refractivity contribution in [2.75, 3.05) is 13.2 Å². The van der Waals surface area contributed by atoms with Crippen molar-refractivity contribution in [1.82, 2.24) is 15.3 Å². The van der Waals surface area contributed by atoms with Gasteiger partial charge >= 0.3 is 5.97 Å². The van der Waals surface area contributed by atoms with Crippen LogP contribution in [0.1, 0.15) is 29.0 Å². The third kappa shape index (κ3) is 2.87. The van der Waals surface area contributed by atoms with Crippen molar-refractivity contribution in [2.24, 2.45) is 0 Å². The maximum absolute atomic E-state index is 12.0. The van der Waals surface area contributed by atoms with E-state index in [-0.39, 0.29) is 18.4 Å². The Morgan fingerprint density at radius 2 is 1.89 bits per heavy atom. The zero-order valence-electron chi connectivity index (χ0n) is 10.5. The first-order chi connectivity index (χ1) is 9.03. The fourth-order valence-electron chi connectivity index (χ4n) is 1.91. The van der Waals surface area contributed by atoms with Crippen molar-refractivity contribution in [3.63, 3.8) is 0 Å². The second-order valence-electron chi connectivity index (χ2n) is 4.47. The van der Waals surface area contributed by atoms with Gasteiger partial charge in [0.25, 0.3) is 5.91 Å². The Kier molecular flexibility index (Phi) is 3.75. The Morgan fingerprint density at radius 1 is 1.32 bits per heavy atom. The molecule has 19 heavy (non-hydrogen) atoms. The highest BCUT2D eigenvalue weighted by atomic mass is 16.5. The number of nitrogens with zero attached hydrogens (tertiary/aromatic N) is 2. The van der Waals surface area contributed by atoms with Gasteiger partial charge in [0, 0.05) is 38.4 Å². The minimum absolute atomic E-state index is 0.248. The number of aliphatic carboxylic acids is 1. The molecule has 0 spiro atoms. The molecule has 7 nitrogen and oxygen atoms in total. The number of aryl methyl sites for hydroxylation is 1. The maximum atomic E-state index is 12.0. The molecule has 1 amide bonds. The number of carbonyl (C=O) groups is 2. The lowest BCUT2D eigenvalue weighted by Gasteiger charge is -2.33. The van der Waals surface area contributed by atoms with Crippen molar-refractivity contribution < 1.29 is 19.4 Å². The molecule has 7 heteroatoms. The highest BCUT2D eigenvalue weighted by Gasteiger charge is 2.41. The fraction of sp³-hybridized carbons (Fsp3) is 0.500.